The van der Waals surface area contributed by atoms with Crippen molar-refractivity contribution >= 4 is 6.08 Å². The number of hydrogen-bond acceptors (Lipinski definition) is 7. The van der Waals surface area contributed by atoms with Crippen LogP contribution in [0.4, 0.5) is 0 Å². The highest BCUT2D eigenvalue weighted by molar-refractivity contribution is 5.56. The Morgan fingerprint density at radius 3 is 2.73 bits per heavy atom. The van der Waals surface area contributed by atoms with Crippen molar-refractivity contribution in [2.75, 3.05) is 33.1 Å². The largest absolute Gasteiger partial charge is 0.508 e. The highest BCUT2D eigenvalue weighted by atomic mass is 16.7. The van der Waals surface area contributed by atoms with Gasteiger partial charge in [0.05, 0.1) is 19.3 Å². The van der Waals surface area contributed by atoms with Gasteiger partial charge in [-0.2, -0.15) is 0 Å². The van der Waals surface area contributed by atoms with E-state index in [2.05, 4.69) is 17.5 Å². The van der Waals surface area contributed by atoms with Crippen LogP contribution in [0.2, 0.25) is 0 Å². The molecule has 1 heterocycles. The summed E-state index contributed by atoms with van der Waals surface area (Å²) in [6.07, 6.45) is 8.72. The van der Waals surface area contributed by atoms with Gasteiger partial charge in [0.2, 0.25) is 6.79 Å². The summed E-state index contributed by atoms with van der Waals surface area (Å²) in [6.45, 7) is 2.82. The summed E-state index contributed by atoms with van der Waals surface area (Å²) in [4.78, 5) is 0. The Hall–Kier alpha value is -2.58. The molecule has 33 heavy (non-hydrogen) atoms. The molecule has 0 aliphatic carbocycles. The van der Waals surface area contributed by atoms with E-state index < -0.39 is 6.10 Å². The zero-order chi connectivity index (χ0) is 23.3. The fourth-order valence-corrected chi connectivity index (χ4v) is 3.59. The van der Waals surface area contributed by atoms with Crippen LogP contribution in [0.3, 0.4) is 0 Å². The smallest absolute Gasteiger partial charge is 0.231 e. The minimum atomic E-state index is -0.664. The Balaban J connectivity index is 1.14. The Morgan fingerprint density at radius 1 is 1.00 bits per heavy atom. The van der Waals surface area contributed by atoms with Crippen LogP contribution in [-0.4, -0.2) is 48.4 Å². The normalized spacial score (nSPS) is 13.6. The third-order valence-corrected chi connectivity index (χ3v) is 5.52. The van der Waals surface area contributed by atoms with Crippen LogP contribution >= 0.6 is 0 Å². The monoisotopic (exact) mass is 457 g/mol. The third-order valence-electron chi connectivity index (χ3n) is 5.52. The van der Waals surface area contributed by atoms with Gasteiger partial charge in [-0.15, -0.1) is 0 Å². The van der Waals surface area contributed by atoms with E-state index in [1.54, 1.807) is 12.1 Å². The molecule has 0 fully saturated rings. The highest BCUT2D eigenvalue weighted by Crippen LogP contribution is 2.32. The average Bonchev–Trinajstić information content (AvgIpc) is 3.30. The molecule has 1 aliphatic heterocycles. The Labute approximate surface area is 195 Å². The molecule has 1 aliphatic rings. The van der Waals surface area contributed by atoms with Crippen LogP contribution in [0.5, 0.6) is 17.2 Å². The number of nitrogens with one attached hydrogen (secondary N) is 1. The van der Waals surface area contributed by atoms with Crippen molar-refractivity contribution in [3.63, 3.8) is 0 Å². The van der Waals surface area contributed by atoms with Crippen molar-refractivity contribution < 1.29 is 29.5 Å². The molecule has 0 radical (unpaired) electrons. The first-order valence-electron chi connectivity index (χ1n) is 11.6. The topological polar surface area (TPSA) is 100 Å². The molecule has 0 saturated carbocycles. The molecule has 1 unspecified atom stereocenters. The van der Waals surface area contributed by atoms with E-state index in [1.165, 1.54) is 6.07 Å². The molecule has 2 aromatic carbocycles. The van der Waals surface area contributed by atoms with Gasteiger partial charge >= 0.3 is 0 Å². The van der Waals surface area contributed by atoms with Gasteiger partial charge in [-0.1, -0.05) is 37.1 Å². The number of fused-ring (bicyclic) bond motifs is 1. The van der Waals surface area contributed by atoms with Crippen LogP contribution < -0.4 is 14.8 Å². The van der Waals surface area contributed by atoms with Gasteiger partial charge in [-0.3, -0.25) is 0 Å². The van der Waals surface area contributed by atoms with Crippen molar-refractivity contribution in [3.8, 4) is 17.2 Å². The van der Waals surface area contributed by atoms with Crippen LogP contribution in [-0.2, 0) is 11.3 Å². The lowest BCUT2D eigenvalue weighted by Gasteiger charge is -2.14. The number of aliphatic hydroxyl groups excluding tert-OH is 2. The Kier molecular flexibility index (Phi) is 10.5. The molecule has 0 amide bonds. The molecular formula is C26H35NO6. The van der Waals surface area contributed by atoms with Crippen molar-refractivity contribution in [1.29, 1.82) is 0 Å². The zero-order valence-electron chi connectivity index (χ0n) is 19.0. The first-order valence-corrected chi connectivity index (χ1v) is 11.6. The van der Waals surface area contributed by atoms with Gasteiger partial charge in [0.1, 0.15) is 5.75 Å². The fourth-order valence-electron chi connectivity index (χ4n) is 3.59. The number of aliphatic hydroxyl groups is 2. The van der Waals surface area contributed by atoms with Crippen molar-refractivity contribution in [2.24, 2.45) is 0 Å². The van der Waals surface area contributed by atoms with Gasteiger partial charge in [0.25, 0.3) is 0 Å². The maximum atomic E-state index is 10.2. The second-order valence-corrected chi connectivity index (χ2v) is 8.10. The second-order valence-electron chi connectivity index (χ2n) is 8.10. The number of benzene rings is 2. The van der Waals surface area contributed by atoms with E-state index in [1.807, 2.05) is 18.2 Å². The molecule has 0 bridgehead atoms. The molecule has 7 heteroatoms. The van der Waals surface area contributed by atoms with E-state index in [-0.39, 0.29) is 12.4 Å². The van der Waals surface area contributed by atoms with E-state index in [9.17, 15) is 15.3 Å². The summed E-state index contributed by atoms with van der Waals surface area (Å²) in [5, 5.41) is 32.3. The van der Waals surface area contributed by atoms with Gasteiger partial charge in [-0.25, -0.2) is 0 Å². The Morgan fingerprint density at radius 2 is 1.85 bits per heavy atom. The summed E-state index contributed by atoms with van der Waals surface area (Å²) in [7, 11) is 0. The molecule has 2 aromatic rings. The van der Waals surface area contributed by atoms with Gasteiger partial charge in [0.15, 0.2) is 11.5 Å². The zero-order valence-corrected chi connectivity index (χ0v) is 19.0. The molecule has 0 spiro atoms. The van der Waals surface area contributed by atoms with Gasteiger partial charge in [0, 0.05) is 18.7 Å². The predicted molar refractivity (Wildman–Crippen MR) is 127 cm³/mol. The van der Waals surface area contributed by atoms with Crippen LogP contribution in [0.25, 0.3) is 6.08 Å². The van der Waals surface area contributed by atoms with Crippen molar-refractivity contribution in [1.82, 2.24) is 5.32 Å². The number of unbranched alkanes of at least 4 members (excludes halogenated alkanes) is 3. The van der Waals surface area contributed by atoms with E-state index >= 15 is 0 Å². The first kappa shape index (κ1) is 25.1. The number of aromatic hydroxyl groups is 1. The number of phenols is 1. The lowest BCUT2D eigenvalue weighted by molar-refractivity contribution is 0.134. The van der Waals surface area contributed by atoms with Crippen molar-refractivity contribution in [2.45, 2.75) is 44.8 Å². The van der Waals surface area contributed by atoms with Crippen LogP contribution in [0, 0.1) is 0 Å². The number of rotatable bonds is 15. The molecular weight excluding hydrogens is 422 g/mol. The summed E-state index contributed by atoms with van der Waals surface area (Å²) >= 11 is 0. The minimum Gasteiger partial charge on any atom is -0.508 e. The van der Waals surface area contributed by atoms with Gasteiger partial charge in [-0.05, 0) is 61.2 Å². The van der Waals surface area contributed by atoms with Crippen LogP contribution in [0.1, 0.15) is 54.9 Å². The van der Waals surface area contributed by atoms with Crippen molar-refractivity contribution in [3.05, 3.63) is 59.2 Å². The lowest BCUT2D eigenvalue weighted by atomic mass is 10.1. The summed E-state index contributed by atoms with van der Waals surface area (Å²) in [5.74, 6) is 1.65. The van der Waals surface area contributed by atoms with E-state index in [0.29, 0.717) is 24.5 Å². The molecule has 180 valence electrons. The van der Waals surface area contributed by atoms with E-state index in [0.717, 1.165) is 68.9 Å². The third kappa shape index (κ3) is 8.37. The SMILES string of the molecule is OCc1cc(C(O)CNCCCCCCOCCC=Cc2ccc3c(c2)OCO3)ccc1O. The average molecular weight is 458 g/mol. The summed E-state index contributed by atoms with van der Waals surface area (Å²) < 4.78 is 16.4. The minimum absolute atomic E-state index is 0.0445. The molecule has 7 nitrogen and oxygen atoms in total. The maximum absolute atomic E-state index is 10.2. The molecule has 1 atom stereocenters. The molecule has 0 aromatic heterocycles. The molecule has 4 N–H and O–H groups in total. The number of hydrogen-bond donors (Lipinski definition) is 4. The predicted octanol–water partition coefficient (Wildman–Crippen LogP) is 3.92. The fraction of sp³-hybridized carbons (Fsp3) is 0.462. The Bertz CT molecular complexity index is 885. The lowest BCUT2D eigenvalue weighted by Crippen LogP contribution is -2.22. The quantitative estimate of drug-likeness (QED) is 0.301. The van der Waals surface area contributed by atoms with E-state index in [4.69, 9.17) is 14.2 Å². The maximum Gasteiger partial charge on any atom is 0.231 e. The molecule has 0 saturated heterocycles. The first-order chi connectivity index (χ1) is 16.2. The number of ether oxygens (including phenoxy) is 3. The van der Waals surface area contributed by atoms with Gasteiger partial charge < -0.3 is 34.8 Å². The summed E-state index contributed by atoms with van der Waals surface area (Å²) in [5.41, 5.74) is 2.21. The van der Waals surface area contributed by atoms with Crippen LogP contribution in [0.15, 0.2) is 42.5 Å². The molecule has 3 rings (SSSR count). The second kappa shape index (κ2) is 13.9. The highest BCUT2D eigenvalue weighted by Gasteiger charge is 2.12. The summed E-state index contributed by atoms with van der Waals surface area (Å²) in [6, 6.07) is 10.7. The standard InChI is InChI=1S/C26H35NO6/c28-18-22-16-21(9-10-23(22)29)24(30)17-27-12-4-1-2-5-13-31-14-6-3-7-20-8-11-25-26(15-20)33-19-32-25/h3,7-11,15-16,24,27-30H,1-2,4-6,12-14,17-19H2.